The van der Waals surface area contributed by atoms with Crippen LogP contribution in [0.1, 0.15) is 29.6 Å². The van der Waals surface area contributed by atoms with Crippen molar-refractivity contribution in [1.82, 2.24) is 9.55 Å². The van der Waals surface area contributed by atoms with Crippen molar-refractivity contribution in [3.63, 3.8) is 0 Å². The van der Waals surface area contributed by atoms with Crippen LogP contribution in [-0.4, -0.2) is 16.2 Å². The maximum absolute atomic E-state index is 12.8. The number of hydrogen-bond donors (Lipinski definition) is 0. The van der Waals surface area contributed by atoms with Crippen molar-refractivity contribution < 1.29 is 4.74 Å². The number of fused-ring (bicyclic) bond motifs is 2. The van der Waals surface area contributed by atoms with Gasteiger partial charge in [-0.25, -0.2) is 4.98 Å². The fourth-order valence-electron chi connectivity index (χ4n) is 3.15. The number of nitriles is 1. The standard InChI is InChI=1S/C20H17N3O2S/c1-2-16-12-17-19(26-16)22-18-14(7-9-23(18)20(17)24)11-13-3-5-15(6-4-13)25-10-8-21/h3-6,11-12H,2,7,9-10H2,1H3/b14-11+. The van der Waals surface area contributed by atoms with Crippen molar-refractivity contribution in [3.05, 3.63) is 57.0 Å². The van der Waals surface area contributed by atoms with Crippen molar-refractivity contribution in [1.29, 1.82) is 5.26 Å². The van der Waals surface area contributed by atoms with Gasteiger partial charge in [-0.05, 0) is 48.3 Å². The molecule has 0 saturated carbocycles. The van der Waals surface area contributed by atoms with Crippen LogP contribution < -0.4 is 10.3 Å². The van der Waals surface area contributed by atoms with Gasteiger partial charge in [0.25, 0.3) is 5.56 Å². The first-order valence-corrected chi connectivity index (χ1v) is 9.35. The van der Waals surface area contributed by atoms with E-state index in [1.165, 1.54) is 4.88 Å². The Balaban J connectivity index is 1.71. The number of aryl methyl sites for hydroxylation is 1. The lowest BCUT2D eigenvalue weighted by molar-refractivity contribution is 0.368. The van der Waals surface area contributed by atoms with Crippen molar-refractivity contribution in [2.75, 3.05) is 6.61 Å². The summed E-state index contributed by atoms with van der Waals surface area (Å²) in [6, 6.07) is 11.5. The summed E-state index contributed by atoms with van der Waals surface area (Å²) >= 11 is 1.60. The molecule has 5 nitrogen and oxygen atoms in total. The number of hydrogen-bond acceptors (Lipinski definition) is 5. The van der Waals surface area contributed by atoms with E-state index in [4.69, 9.17) is 15.0 Å². The first-order chi connectivity index (χ1) is 12.7. The fourth-order valence-corrected chi connectivity index (χ4v) is 4.11. The van der Waals surface area contributed by atoms with Crippen LogP contribution in [-0.2, 0) is 13.0 Å². The van der Waals surface area contributed by atoms with Crippen LogP contribution in [0.4, 0.5) is 0 Å². The van der Waals surface area contributed by atoms with Gasteiger partial charge in [-0.2, -0.15) is 5.26 Å². The van der Waals surface area contributed by atoms with Crippen LogP contribution >= 0.6 is 11.3 Å². The Bertz CT molecular complexity index is 1100. The summed E-state index contributed by atoms with van der Waals surface area (Å²) in [5.74, 6) is 1.44. The molecule has 6 heteroatoms. The number of aromatic nitrogens is 2. The Morgan fingerprint density at radius 1 is 1.38 bits per heavy atom. The van der Waals surface area contributed by atoms with Gasteiger partial charge < -0.3 is 4.74 Å². The average Bonchev–Trinajstić information content (AvgIpc) is 3.26. The molecule has 0 aliphatic carbocycles. The summed E-state index contributed by atoms with van der Waals surface area (Å²) in [5, 5.41) is 9.29. The maximum Gasteiger partial charge on any atom is 0.262 e. The molecule has 130 valence electrons. The predicted molar refractivity (Wildman–Crippen MR) is 103 cm³/mol. The third-order valence-electron chi connectivity index (χ3n) is 4.47. The summed E-state index contributed by atoms with van der Waals surface area (Å²) in [7, 11) is 0. The zero-order valence-electron chi connectivity index (χ0n) is 14.4. The molecule has 26 heavy (non-hydrogen) atoms. The molecule has 2 aromatic heterocycles. The lowest BCUT2D eigenvalue weighted by atomic mass is 10.1. The molecule has 0 radical (unpaired) electrons. The molecule has 1 aliphatic heterocycles. The summed E-state index contributed by atoms with van der Waals surface area (Å²) in [6.07, 6.45) is 3.78. The van der Waals surface area contributed by atoms with Gasteiger partial charge in [0, 0.05) is 11.4 Å². The fraction of sp³-hybridized carbons (Fsp3) is 0.250. The Morgan fingerprint density at radius 2 is 2.19 bits per heavy atom. The maximum atomic E-state index is 12.8. The van der Waals surface area contributed by atoms with Crippen molar-refractivity contribution in [2.24, 2.45) is 0 Å². The van der Waals surface area contributed by atoms with Crippen molar-refractivity contribution in [2.45, 2.75) is 26.3 Å². The second kappa shape index (κ2) is 6.77. The number of thiophene rings is 1. The van der Waals surface area contributed by atoms with Crippen LogP contribution in [0.2, 0.25) is 0 Å². The lowest BCUT2D eigenvalue weighted by Gasteiger charge is -2.04. The van der Waals surface area contributed by atoms with Crippen LogP contribution in [0, 0.1) is 11.3 Å². The highest BCUT2D eigenvalue weighted by Gasteiger charge is 2.21. The molecule has 0 amide bonds. The zero-order chi connectivity index (χ0) is 18.1. The van der Waals surface area contributed by atoms with Crippen molar-refractivity contribution >= 4 is 33.2 Å². The Hall–Kier alpha value is -2.91. The molecule has 1 aliphatic rings. The molecular formula is C20H17N3O2S. The first-order valence-electron chi connectivity index (χ1n) is 8.53. The molecule has 3 aromatic rings. The molecule has 0 fully saturated rings. The normalized spacial score (nSPS) is 14.5. The van der Waals surface area contributed by atoms with Gasteiger partial charge >= 0.3 is 0 Å². The second-order valence-corrected chi connectivity index (χ2v) is 7.23. The van der Waals surface area contributed by atoms with Gasteiger partial charge in [0.05, 0.1) is 5.39 Å². The summed E-state index contributed by atoms with van der Waals surface area (Å²) in [4.78, 5) is 19.5. The van der Waals surface area contributed by atoms with Gasteiger partial charge in [-0.3, -0.25) is 9.36 Å². The van der Waals surface area contributed by atoms with E-state index in [1.807, 2.05) is 36.4 Å². The highest BCUT2D eigenvalue weighted by molar-refractivity contribution is 7.18. The highest BCUT2D eigenvalue weighted by Crippen LogP contribution is 2.30. The molecule has 0 saturated heterocycles. The van der Waals surface area contributed by atoms with E-state index >= 15 is 0 Å². The van der Waals surface area contributed by atoms with E-state index in [0.717, 1.165) is 40.0 Å². The molecule has 0 atom stereocenters. The lowest BCUT2D eigenvalue weighted by Crippen LogP contribution is -2.19. The molecule has 0 N–H and O–H groups in total. The zero-order valence-corrected chi connectivity index (χ0v) is 15.2. The van der Waals surface area contributed by atoms with Gasteiger partial charge in [0.2, 0.25) is 0 Å². The third kappa shape index (κ3) is 2.91. The minimum atomic E-state index is 0.0389. The van der Waals surface area contributed by atoms with Crippen LogP contribution in [0.25, 0.3) is 21.9 Å². The molecule has 4 rings (SSSR count). The minimum absolute atomic E-state index is 0.0389. The van der Waals surface area contributed by atoms with Crippen LogP contribution in [0.3, 0.4) is 0 Å². The van der Waals surface area contributed by atoms with E-state index in [-0.39, 0.29) is 12.2 Å². The summed E-state index contributed by atoms with van der Waals surface area (Å²) in [5.41, 5.74) is 2.15. The average molecular weight is 363 g/mol. The van der Waals surface area contributed by atoms with Gasteiger partial charge in [0.1, 0.15) is 22.5 Å². The van der Waals surface area contributed by atoms with E-state index in [1.54, 1.807) is 15.9 Å². The SMILES string of the molecule is CCc1cc2c(=O)n3c(nc2s1)/C(=C/c1ccc(OCC#N)cc1)CC3. The molecule has 0 unspecified atom stereocenters. The third-order valence-corrected chi connectivity index (χ3v) is 5.64. The number of allylic oxidation sites excluding steroid dienone is 1. The number of ether oxygens (including phenoxy) is 1. The monoisotopic (exact) mass is 363 g/mol. The largest absolute Gasteiger partial charge is 0.479 e. The number of benzene rings is 1. The number of rotatable bonds is 4. The van der Waals surface area contributed by atoms with E-state index in [9.17, 15) is 4.79 Å². The smallest absolute Gasteiger partial charge is 0.262 e. The van der Waals surface area contributed by atoms with Crippen molar-refractivity contribution in [3.8, 4) is 11.8 Å². The quantitative estimate of drug-likeness (QED) is 0.706. The molecule has 3 heterocycles. The topological polar surface area (TPSA) is 67.9 Å². The van der Waals surface area contributed by atoms with Gasteiger partial charge in [-0.1, -0.05) is 19.1 Å². The first kappa shape index (κ1) is 16.6. The molecule has 1 aromatic carbocycles. The molecule has 0 bridgehead atoms. The highest BCUT2D eigenvalue weighted by atomic mass is 32.1. The molecule has 0 spiro atoms. The van der Waals surface area contributed by atoms with Crippen LogP contribution in [0.15, 0.2) is 35.1 Å². The Labute approximate surface area is 154 Å². The van der Waals surface area contributed by atoms with E-state index in [2.05, 4.69) is 13.0 Å². The second-order valence-electron chi connectivity index (χ2n) is 6.11. The predicted octanol–water partition coefficient (Wildman–Crippen LogP) is 3.87. The number of nitrogens with zero attached hydrogens (tertiary/aromatic N) is 3. The Kier molecular flexibility index (Phi) is 4.31. The van der Waals surface area contributed by atoms with Gasteiger partial charge in [-0.15, -0.1) is 11.3 Å². The summed E-state index contributed by atoms with van der Waals surface area (Å²) < 4.78 is 7.06. The van der Waals surface area contributed by atoms with E-state index in [0.29, 0.717) is 12.3 Å². The summed E-state index contributed by atoms with van der Waals surface area (Å²) in [6.45, 7) is 2.80. The van der Waals surface area contributed by atoms with Gasteiger partial charge in [0.15, 0.2) is 6.61 Å². The molecular weight excluding hydrogens is 346 g/mol. The minimum Gasteiger partial charge on any atom is -0.479 e. The Morgan fingerprint density at radius 3 is 2.92 bits per heavy atom. The van der Waals surface area contributed by atoms with Crippen LogP contribution in [0.5, 0.6) is 5.75 Å². The van der Waals surface area contributed by atoms with E-state index < -0.39 is 0 Å².